The third kappa shape index (κ3) is 6.02. The molecular weight excluding hydrogens is 370 g/mol. The van der Waals surface area contributed by atoms with Gasteiger partial charge in [-0.25, -0.2) is 13.1 Å². The zero-order chi connectivity index (χ0) is 20.0. The average molecular weight is 397 g/mol. The van der Waals surface area contributed by atoms with Crippen LogP contribution in [0.15, 0.2) is 29.2 Å². The number of likely N-dealkylation sites (tertiary alicyclic amines) is 1. The van der Waals surface area contributed by atoms with Crippen LogP contribution in [0.3, 0.4) is 0 Å². The number of hydrogen-bond acceptors (Lipinski definition) is 5. The van der Waals surface area contributed by atoms with Crippen molar-refractivity contribution >= 4 is 27.5 Å². The lowest BCUT2D eigenvalue weighted by Gasteiger charge is -2.16. The number of anilines is 1. The summed E-state index contributed by atoms with van der Waals surface area (Å²) in [6.07, 6.45) is 0.168. The fourth-order valence-corrected chi connectivity index (χ4v) is 3.90. The van der Waals surface area contributed by atoms with E-state index in [0.717, 1.165) is 0 Å². The minimum atomic E-state index is -3.57. The van der Waals surface area contributed by atoms with Crippen molar-refractivity contribution in [1.29, 1.82) is 0 Å². The van der Waals surface area contributed by atoms with Gasteiger partial charge < -0.3 is 15.0 Å². The third-order valence-electron chi connectivity index (χ3n) is 4.26. The Hall–Kier alpha value is -1.97. The molecule has 0 bridgehead atoms. The lowest BCUT2D eigenvalue weighted by molar-refractivity contribution is -0.128. The lowest BCUT2D eigenvalue weighted by atomic mass is 10.1. The topological polar surface area (TPSA) is 105 Å². The minimum absolute atomic E-state index is 0.0649. The molecule has 8 nitrogen and oxygen atoms in total. The van der Waals surface area contributed by atoms with Gasteiger partial charge in [-0.15, -0.1) is 0 Å². The number of methoxy groups -OCH3 is 1. The number of amides is 2. The summed E-state index contributed by atoms with van der Waals surface area (Å²) in [6.45, 7) is 5.46. The summed E-state index contributed by atoms with van der Waals surface area (Å²) >= 11 is 0. The molecule has 1 saturated heterocycles. The van der Waals surface area contributed by atoms with E-state index in [1.807, 2.05) is 13.8 Å². The highest BCUT2D eigenvalue weighted by Crippen LogP contribution is 2.20. The largest absolute Gasteiger partial charge is 0.383 e. The van der Waals surface area contributed by atoms with Crippen LogP contribution in [0.5, 0.6) is 0 Å². The molecule has 1 aliphatic rings. The number of rotatable bonds is 9. The molecule has 1 fully saturated rings. The predicted octanol–water partition coefficient (Wildman–Crippen LogP) is 1.05. The van der Waals surface area contributed by atoms with Gasteiger partial charge in [0.05, 0.1) is 17.4 Å². The number of sulfonamides is 1. The Balaban J connectivity index is 1.94. The van der Waals surface area contributed by atoms with Crippen molar-refractivity contribution in [3.05, 3.63) is 24.3 Å². The van der Waals surface area contributed by atoms with Crippen molar-refractivity contribution in [2.45, 2.75) is 25.2 Å². The van der Waals surface area contributed by atoms with Crippen LogP contribution in [0.4, 0.5) is 5.69 Å². The molecule has 0 spiro atoms. The zero-order valence-corrected chi connectivity index (χ0v) is 16.7. The molecule has 2 rings (SSSR count). The monoisotopic (exact) mass is 397 g/mol. The van der Waals surface area contributed by atoms with Gasteiger partial charge in [-0.05, 0) is 30.2 Å². The van der Waals surface area contributed by atoms with Crippen molar-refractivity contribution in [2.75, 3.05) is 38.7 Å². The lowest BCUT2D eigenvalue weighted by Crippen LogP contribution is -2.30. The maximum Gasteiger partial charge on any atom is 0.240 e. The van der Waals surface area contributed by atoms with Gasteiger partial charge in [-0.3, -0.25) is 9.59 Å². The van der Waals surface area contributed by atoms with Gasteiger partial charge in [-0.1, -0.05) is 13.8 Å². The number of carbonyl (C=O) groups excluding carboxylic acids is 2. The molecular formula is C18H27N3O5S. The van der Waals surface area contributed by atoms with Crippen LogP contribution in [0.25, 0.3) is 0 Å². The van der Waals surface area contributed by atoms with Crippen molar-refractivity contribution in [3.63, 3.8) is 0 Å². The Morgan fingerprint density at radius 1 is 1.30 bits per heavy atom. The first-order valence-electron chi connectivity index (χ1n) is 8.90. The second-order valence-electron chi connectivity index (χ2n) is 6.99. The first-order chi connectivity index (χ1) is 12.7. The number of hydrogen-bond donors (Lipinski definition) is 2. The fraction of sp³-hybridized carbons (Fsp3) is 0.556. The van der Waals surface area contributed by atoms with E-state index in [0.29, 0.717) is 31.9 Å². The molecule has 1 atom stereocenters. The van der Waals surface area contributed by atoms with E-state index in [2.05, 4.69) is 10.0 Å². The Kier molecular flexibility index (Phi) is 7.34. The first kappa shape index (κ1) is 21.3. The van der Waals surface area contributed by atoms with Crippen LogP contribution in [-0.2, 0) is 24.3 Å². The van der Waals surface area contributed by atoms with E-state index >= 15 is 0 Å². The van der Waals surface area contributed by atoms with Crippen molar-refractivity contribution in [1.82, 2.24) is 9.62 Å². The number of ether oxygens (including phenoxy) is 1. The summed E-state index contributed by atoms with van der Waals surface area (Å²) in [7, 11) is -2.00. The van der Waals surface area contributed by atoms with Gasteiger partial charge in [0.2, 0.25) is 21.8 Å². The van der Waals surface area contributed by atoms with E-state index < -0.39 is 15.9 Å². The molecule has 0 radical (unpaired) electrons. The standard InChI is InChI=1S/C18H27N3O5S/c1-13(2)11-19-27(24,25)16-6-4-15(5-7-16)20-18(23)14-10-17(22)21(12-14)8-9-26-3/h4-7,13-14,19H,8-12H2,1-3H3,(H,20,23). The van der Waals surface area contributed by atoms with Gasteiger partial charge >= 0.3 is 0 Å². The van der Waals surface area contributed by atoms with Gasteiger partial charge in [-0.2, -0.15) is 0 Å². The molecule has 0 saturated carbocycles. The van der Waals surface area contributed by atoms with Gasteiger partial charge in [0, 0.05) is 38.9 Å². The van der Waals surface area contributed by atoms with Crippen molar-refractivity contribution in [3.8, 4) is 0 Å². The normalized spacial score (nSPS) is 17.6. The summed E-state index contributed by atoms with van der Waals surface area (Å²) in [5, 5.41) is 2.75. The predicted molar refractivity (Wildman–Crippen MR) is 102 cm³/mol. The van der Waals surface area contributed by atoms with Gasteiger partial charge in [0.1, 0.15) is 0 Å². The van der Waals surface area contributed by atoms with E-state index in [1.165, 1.54) is 12.1 Å². The second kappa shape index (κ2) is 9.29. The molecule has 1 heterocycles. The van der Waals surface area contributed by atoms with E-state index in [4.69, 9.17) is 4.74 Å². The second-order valence-corrected chi connectivity index (χ2v) is 8.76. The summed E-state index contributed by atoms with van der Waals surface area (Å²) in [6, 6.07) is 5.98. The average Bonchev–Trinajstić information content (AvgIpc) is 3.00. The first-order valence-corrected chi connectivity index (χ1v) is 10.4. The molecule has 1 aromatic carbocycles. The van der Waals surface area contributed by atoms with Crippen LogP contribution in [0, 0.1) is 11.8 Å². The summed E-state index contributed by atoms with van der Waals surface area (Å²) in [4.78, 5) is 26.1. The van der Waals surface area contributed by atoms with Gasteiger partial charge in [0.25, 0.3) is 0 Å². The Bertz CT molecular complexity index is 762. The molecule has 9 heteroatoms. The smallest absolute Gasteiger partial charge is 0.240 e. The number of benzene rings is 1. The third-order valence-corrected chi connectivity index (χ3v) is 5.70. The number of carbonyl (C=O) groups is 2. The molecule has 0 aromatic heterocycles. The van der Waals surface area contributed by atoms with Crippen molar-refractivity contribution in [2.24, 2.45) is 11.8 Å². The maximum atomic E-state index is 12.4. The molecule has 1 aliphatic heterocycles. The molecule has 1 aromatic rings. The minimum Gasteiger partial charge on any atom is -0.383 e. The van der Waals surface area contributed by atoms with Crippen molar-refractivity contribution < 1.29 is 22.7 Å². The molecule has 2 amide bonds. The highest BCUT2D eigenvalue weighted by atomic mass is 32.2. The fourth-order valence-electron chi connectivity index (χ4n) is 2.69. The zero-order valence-electron chi connectivity index (χ0n) is 15.9. The summed E-state index contributed by atoms with van der Waals surface area (Å²) < 4.78 is 31.9. The molecule has 0 aliphatic carbocycles. The number of nitrogens with one attached hydrogen (secondary N) is 2. The number of nitrogens with zero attached hydrogens (tertiary/aromatic N) is 1. The Morgan fingerprint density at radius 3 is 2.56 bits per heavy atom. The molecule has 150 valence electrons. The van der Waals surface area contributed by atoms with Crippen LogP contribution < -0.4 is 10.0 Å². The molecule has 2 N–H and O–H groups in total. The molecule has 1 unspecified atom stereocenters. The van der Waals surface area contributed by atoms with Crippen LogP contribution >= 0.6 is 0 Å². The van der Waals surface area contributed by atoms with E-state index in [-0.39, 0.29) is 29.0 Å². The van der Waals surface area contributed by atoms with Crippen LogP contribution in [-0.4, -0.2) is 58.5 Å². The van der Waals surface area contributed by atoms with Gasteiger partial charge in [0.15, 0.2) is 0 Å². The van der Waals surface area contributed by atoms with Crippen LogP contribution in [0.2, 0.25) is 0 Å². The maximum absolute atomic E-state index is 12.4. The Morgan fingerprint density at radius 2 is 1.96 bits per heavy atom. The SMILES string of the molecule is COCCN1CC(C(=O)Nc2ccc(S(=O)(=O)NCC(C)C)cc2)CC1=O. The highest BCUT2D eigenvalue weighted by molar-refractivity contribution is 7.89. The van der Waals surface area contributed by atoms with E-state index in [1.54, 1.807) is 24.1 Å². The van der Waals surface area contributed by atoms with Crippen LogP contribution in [0.1, 0.15) is 20.3 Å². The highest BCUT2D eigenvalue weighted by Gasteiger charge is 2.34. The quantitative estimate of drug-likeness (QED) is 0.648. The van der Waals surface area contributed by atoms with E-state index in [9.17, 15) is 18.0 Å². The summed E-state index contributed by atoms with van der Waals surface area (Å²) in [5.74, 6) is -0.539. The Labute approximate surface area is 160 Å². The molecule has 27 heavy (non-hydrogen) atoms. The summed E-state index contributed by atoms with van der Waals surface area (Å²) in [5.41, 5.74) is 0.491.